The third kappa shape index (κ3) is 4.07. The standard InChI is InChI=1S/C15H20N4OS/c1-4-10(2)12-7-5-6-8-13(12)18-14(20)11(3)21-15-16-9-17-19-15/h5-11H,4H2,1-3H3,(H,18,20)(H,16,17,19)/t10-,11+/m0/s1. The van der Waals surface area contributed by atoms with Crippen LogP contribution in [0.5, 0.6) is 0 Å². The van der Waals surface area contributed by atoms with Crippen molar-refractivity contribution in [1.29, 1.82) is 0 Å². The number of aromatic nitrogens is 3. The minimum Gasteiger partial charge on any atom is -0.325 e. The number of para-hydroxylation sites is 1. The molecule has 2 aromatic rings. The first kappa shape index (κ1) is 15.6. The fraction of sp³-hybridized carbons (Fsp3) is 0.400. The Hall–Kier alpha value is -1.82. The third-order valence-electron chi connectivity index (χ3n) is 3.41. The van der Waals surface area contributed by atoms with Crippen LogP contribution in [-0.2, 0) is 4.79 Å². The average molecular weight is 304 g/mol. The first-order valence-electron chi connectivity index (χ1n) is 7.03. The van der Waals surface area contributed by atoms with Crippen LogP contribution in [0.25, 0.3) is 0 Å². The van der Waals surface area contributed by atoms with E-state index in [1.165, 1.54) is 23.7 Å². The SMILES string of the molecule is CC[C@H](C)c1ccccc1NC(=O)[C@@H](C)Sc1ncn[nH]1. The highest BCUT2D eigenvalue weighted by atomic mass is 32.2. The predicted molar refractivity (Wildman–Crippen MR) is 85.5 cm³/mol. The second-order valence-electron chi connectivity index (χ2n) is 4.94. The molecule has 0 aliphatic carbocycles. The van der Waals surface area contributed by atoms with Crippen molar-refractivity contribution in [2.75, 3.05) is 5.32 Å². The van der Waals surface area contributed by atoms with Crippen molar-refractivity contribution in [3.63, 3.8) is 0 Å². The van der Waals surface area contributed by atoms with E-state index in [9.17, 15) is 4.79 Å². The number of rotatable bonds is 6. The second-order valence-corrected chi connectivity index (χ2v) is 6.27. The fourth-order valence-corrected chi connectivity index (χ4v) is 2.68. The van der Waals surface area contributed by atoms with Gasteiger partial charge in [0.1, 0.15) is 6.33 Å². The quantitative estimate of drug-likeness (QED) is 0.802. The molecule has 112 valence electrons. The summed E-state index contributed by atoms with van der Waals surface area (Å²) in [5.41, 5.74) is 2.06. The van der Waals surface area contributed by atoms with E-state index in [-0.39, 0.29) is 11.2 Å². The number of carbonyl (C=O) groups excluding carboxylic acids is 1. The van der Waals surface area contributed by atoms with Crippen LogP contribution in [0.2, 0.25) is 0 Å². The number of hydrogen-bond acceptors (Lipinski definition) is 4. The Morgan fingerprint density at radius 1 is 1.38 bits per heavy atom. The summed E-state index contributed by atoms with van der Waals surface area (Å²) in [6.45, 7) is 6.16. The largest absolute Gasteiger partial charge is 0.325 e. The molecule has 2 rings (SSSR count). The molecule has 0 radical (unpaired) electrons. The number of nitrogens with zero attached hydrogens (tertiary/aromatic N) is 2. The molecular weight excluding hydrogens is 284 g/mol. The topological polar surface area (TPSA) is 70.7 Å². The molecule has 2 N–H and O–H groups in total. The number of anilines is 1. The summed E-state index contributed by atoms with van der Waals surface area (Å²) < 4.78 is 0. The summed E-state index contributed by atoms with van der Waals surface area (Å²) in [7, 11) is 0. The molecule has 0 saturated carbocycles. The van der Waals surface area contributed by atoms with Gasteiger partial charge in [0.15, 0.2) is 5.16 Å². The minimum absolute atomic E-state index is 0.0350. The highest BCUT2D eigenvalue weighted by Gasteiger charge is 2.18. The summed E-state index contributed by atoms with van der Waals surface area (Å²) in [6.07, 6.45) is 2.47. The van der Waals surface area contributed by atoms with Crippen molar-refractivity contribution in [3.05, 3.63) is 36.2 Å². The Balaban J connectivity index is 2.05. The summed E-state index contributed by atoms with van der Waals surface area (Å²) in [5, 5.41) is 9.94. The predicted octanol–water partition coefficient (Wildman–Crippen LogP) is 3.44. The molecule has 2 atom stereocenters. The molecule has 1 aromatic carbocycles. The molecule has 5 nitrogen and oxygen atoms in total. The van der Waals surface area contributed by atoms with Crippen molar-refractivity contribution in [2.24, 2.45) is 0 Å². The molecule has 0 unspecified atom stereocenters. The van der Waals surface area contributed by atoms with Gasteiger partial charge in [0.05, 0.1) is 5.25 Å². The fourth-order valence-electron chi connectivity index (χ4n) is 1.97. The van der Waals surface area contributed by atoms with E-state index in [4.69, 9.17) is 0 Å². The molecule has 6 heteroatoms. The zero-order chi connectivity index (χ0) is 15.2. The molecule has 0 fully saturated rings. The van der Waals surface area contributed by atoms with E-state index < -0.39 is 0 Å². The Kier molecular flexibility index (Phi) is 5.38. The molecule has 21 heavy (non-hydrogen) atoms. The van der Waals surface area contributed by atoms with Gasteiger partial charge in [-0.25, -0.2) is 4.98 Å². The molecule has 1 heterocycles. The van der Waals surface area contributed by atoms with Gasteiger partial charge in [0.2, 0.25) is 5.91 Å². The lowest BCUT2D eigenvalue weighted by Crippen LogP contribution is -2.23. The molecular formula is C15H20N4OS. The zero-order valence-electron chi connectivity index (χ0n) is 12.5. The maximum atomic E-state index is 12.3. The van der Waals surface area contributed by atoms with Crippen molar-refractivity contribution in [1.82, 2.24) is 15.2 Å². The Morgan fingerprint density at radius 2 is 2.14 bits per heavy atom. The number of thioether (sulfide) groups is 1. The van der Waals surface area contributed by atoms with Crippen molar-refractivity contribution in [3.8, 4) is 0 Å². The maximum Gasteiger partial charge on any atom is 0.237 e. The van der Waals surface area contributed by atoms with Crippen LogP contribution in [0.4, 0.5) is 5.69 Å². The average Bonchev–Trinajstić information content (AvgIpc) is 2.99. The number of hydrogen-bond donors (Lipinski definition) is 2. The van der Waals surface area contributed by atoms with Gasteiger partial charge in [-0.05, 0) is 30.9 Å². The lowest BCUT2D eigenvalue weighted by Gasteiger charge is -2.17. The molecule has 0 aliphatic rings. The van der Waals surface area contributed by atoms with Gasteiger partial charge in [-0.3, -0.25) is 9.89 Å². The highest BCUT2D eigenvalue weighted by molar-refractivity contribution is 8.00. The molecule has 0 spiro atoms. The number of amides is 1. The van der Waals surface area contributed by atoms with Crippen molar-refractivity contribution >= 4 is 23.4 Å². The number of carbonyl (C=O) groups is 1. The van der Waals surface area contributed by atoms with Crippen LogP contribution in [0, 0.1) is 0 Å². The van der Waals surface area contributed by atoms with Gasteiger partial charge in [0, 0.05) is 5.69 Å². The van der Waals surface area contributed by atoms with Crippen LogP contribution in [0.15, 0.2) is 35.7 Å². The van der Waals surface area contributed by atoms with Crippen LogP contribution >= 0.6 is 11.8 Å². The molecule has 0 bridgehead atoms. The smallest absolute Gasteiger partial charge is 0.237 e. The van der Waals surface area contributed by atoms with Gasteiger partial charge >= 0.3 is 0 Å². The number of aromatic amines is 1. The van der Waals surface area contributed by atoms with E-state index >= 15 is 0 Å². The molecule has 1 aromatic heterocycles. The van der Waals surface area contributed by atoms with E-state index in [0.717, 1.165) is 12.1 Å². The van der Waals surface area contributed by atoms with Crippen molar-refractivity contribution in [2.45, 2.75) is 43.5 Å². The van der Waals surface area contributed by atoms with Crippen LogP contribution < -0.4 is 5.32 Å². The van der Waals surface area contributed by atoms with Crippen LogP contribution in [-0.4, -0.2) is 26.3 Å². The monoisotopic (exact) mass is 304 g/mol. The molecule has 0 aliphatic heterocycles. The van der Waals surface area contributed by atoms with Gasteiger partial charge in [-0.15, -0.1) is 0 Å². The molecule has 0 saturated heterocycles. The maximum absolute atomic E-state index is 12.3. The van der Waals surface area contributed by atoms with Gasteiger partial charge in [0.25, 0.3) is 0 Å². The Labute approximate surface area is 128 Å². The summed E-state index contributed by atoms with van der Waals surface area (Å²) >= 11 is 1.36. The summed E-state index contributed by atoms with van der Waals surface area (Å²) in [5.74, 6) is 0.380. The number of benzene rings is 1. The Bertz CT molecular complexity index is 585. The van der Waals surface area contributed by atoms with Gasteiger partial charge in [-0.2, -0.15) is 5.10 Å². The van der Waals surface area contributed by atoms with E-state index in [1.54, 1.807) is 0 Å². The first-order valence-corrected chi connectivity index (χ1v) is 7.91. The Morgan fingerprint density at radius 3 is 2.81 bits per heavy atom. The normalized spacial score (nSPS) is 13.7. The third-order valence-corrected chi connectivity index (χ3v) is 4.40. The minimum atomic E-state index is -0.247. The van der Waals surface area contributed by atoms with Crippen LogP contribution in [0.1, 0.15) is 38.7 Å². The molecule has 1 amide bonds. The highest BCUT2D eigenvalue weighted by Crippen LogP contribution is 2.27. The van der Waals surface area contributed by atoms with E-state index in [1.807, 2.05) is 25.1 Å². The van der Waals surface area contributed by atoms with Gasteiger partial charge in [-0.1, -0.05) is 43.8 Å². The zero-order valence-corrected chi connectivity index (χ0v) is 13.3. The van der Waals surface area contributed by atoms with Gasteiger partial charge < -0.3 is 5.32 Å². The van der Waals surface area contributed by atoms with Crippen molar-refractivity contribution < 1.29 is 4.79 Å². The lowest BCUT2D eigenvalue weighted by molar-refractivity contribution is -0.115. The first-order chi connectivity index (χ1) is 10.1. The number of nitrogens with one attached hydrogen (secondary N) is 2. The lowest BCUT2D eigenvalue weighted by atomic mass is 9.97. The van der Waals surface area contributed by atoms with Crippen LogP contribution in [0.3, 0.4) is 0 Å². The van der Waals surface area contributed by atoms with E-state index in [0.29, 0.717) is 11.1 Å². The van der Waals surface area contributed by atoms with E-state index in [2.05, 4.69) is 40.4 Å². The number of H-pyrrole nitrogens is 1. The second kappa shape index (κ2) is 7.26. The summed E-state index contributed by atoms with van der Waals surface area (Å²) in [6, 6.07) is 7.96. The summed E-state index contributed by atoms with van der Waals surface area (Å²) in [4.78, 5) is 16.3.